The van der Waals surface area contributed by atoms with E-state index >= 15 is 0 Å². The lowest BCUT2D eigenvalue weighted by Gasteiger charge is -2.28. The first-order valence-corrected chi connectivity index (χ1v) is 9.23. The summed E-state index contributed by atoms with van der Waals surface area (Å²) in [6.07, 6.45) is 4.26. The second-order valence-corrected chi connectivity index (χ2v) is 7.35. The molecule has 2 aromatic rings. The van der Waals surface area contributed by atoms with Crippen LogP contribution in [0.5, 0.6) is 0 Å². The summed E-state index contributed by atoms with van der Waals surface area (Å²) in [5, 5.41) is 20.3. The Bertz CT molecular complexity index is 737. The molecule has 0 fully saturated rings. The molecule has 0 aliphatic carbocycles. The minimum absolute atomic E-state index is 0.268. The zero-order chi connectivity index (χ0) is 19.9. The third-order valence-electron chi connectivity index (χ3n) is 4.43. The molecule has 1 unspecified atom stereocenters. The van der Waals surface area contributed by atoms with Gasteiger partial charge in [0.1, 0.15) is 5.76 Å². The third kappa shape index (κ3) is 6.96. The lowest BCUT2D eigenvalue weighted by Crippen LogP contribution is -2.26. The molecule has 2 rings (SSSR count). The van der Waals surface area contributed by atoms with E-state index in [4.69, 9.17) is 16.2 Å². The molecule has 0 aliphatic heterocycles. The van der Waals surface area contributed by atoms with E-state index in [2.05, 4.69) is 0 Å². The van der Waals surface area contributed by atoms with Crippen LogP contribution in [-0.4, -0.2) is 15.8 Å². The molecule has 1 atom stereocenters. The van der Waals surface area contributed by atoms with Crippen molar-refractivity contribution in [3.63, 3.8) is 0 Å². The van der Waals surface area contributed by atoms with Crippen molar-refractivity contribution >= 4 is 17.1 Å². The molecular weight excluding hydrogens is 340 g/mol. The first kappa shape index (κ1) is 20.8. The normalized spacial score (nSPS) is 13.5. The van der Waals surface area contributed by atoms with Crippen LogP contribution in [0, 0.1) is 0 Å². The third-order valence-corrected chi connectivity index (χ3v) is 4.43. The van der Waals surface area contributed by atoms with E-state index in [-0.39, 0.29) is 5.76 Å². The van der Waals surface area contributed by atoms with E-state index in [9.17, 15) is 10.2 Å². The Morgan fingerprint density at radius 3 is 2.15 bits per heavy atom. The van der Waals surface area contributed by atoms with E-state index in [1.165, 1.54) is 0 Å². The fourth-order valence-electron chi connectivity index (χ4n) is 2.80. The van der Waals surface area contributed by atoms with Crippen molar-refractivity contribution in [2.24, 2.45) is 0 Å². The highest BCUT2D eigenvalue weighted by Crippen LogP contribution is 2.27. The van der Waals surface area contributed by atoms with Crippen LogP contribution in [0.3, 0.4) is 0 Å². The van der Waals surface area contributed by atoms with Crippen LogP contribution in [0.2, 0.25) is 0 Å². The number of hydrogen-bond donors (Lipinski definition) is 4. The maximum absolute atomic E-state index is 10.3. The highest BCUT2D eigenvalue weighted by molar-refractivity contribution is 5.60. The molecule has 2 aromatic carbocycles. The van der Waals surface area contributed by atoms with Gasteiger partial charge >= 0.3 is 0 Å². The molecule has 0 saturated carbocycles. The van der Waals surface area contributed by atoms with E-state index in [1.54, 1.807) is 48.5 Å². The lowest BCUT2D eigenvalue weighted by molar-refractivity contribution is -0.179. The van der Waals surface area contributed by atoms with Gasteiger partial charge in [-0.05, 0) is 75.6 Å². The summed E-state index contributed by atoms with van der Waals surface area (Å²) in [5.41, 5.74) is 13.6. The Balaban J connectivity index is 1.75. The summed E-state index contributed by atoms with van der Waals surface area (Å²) in [4.78, 5) is 0. The van der Waals surface area contributed by atoms with Gasteiger partial charge in [-0.2, -0.15) is 0 Å². The van der Waals surface area contributed by atoms with Crippen molar-refractivity contribution in [2.45, 2.75) is 51.4 Å². The average molecular weight is 370 g/mol. The zero-order valence-electron chi connectivity index (χ0n) is 16.1. The zero-order valence-corrected chi connectivity index (χ0v) is 16.1. The van der Waals surface area contributed by atoms with E-state index in [1.807, 2.05) is 19.9 Å². The Labute approximate surface area is 161 Å². The minimum atomic E-state index is -0.977. The Kier molecular flexibility index (Phi) is 7.28. The number of nitrogens with two attached hydrogens (primary N) is 2. The Morgan fingerprint density at radius 2 is 1.56 bits per heavy atom. The van der Waals surface area contributed by atoms with Gasteiger partial charge in [0.05, 0.1) is 5.60 Å². The standard InChI is InChI=1S/C22H30N2O3/c1-22(2,27-21(26)17-9-13-19(24)14-10-17)15-5-3-4-6-20(25)16-7-11-18(23)12-8-16/h6-14,21,25-26H,3-5,15,23-24H2,1-2H3/b20-6-. The van der Waals surface area contributed by atoms with Gasteiger partial charge < -0.3 is 26.4 Å². The van der Waals surface area contributed by atoms with Crippen LogP contribution < -0.4 is 11.5 Å². The predicted octanol–water partition coefficient (Wildman–Crippen LogP) is 4.80. The number of allylic oxidation sites excluding steroid dienone is 1. The number of aliphatic hydroxyl groups excluding tert-OH is 2. The molecule has 0 amide bonds. The predicted molar refractivity (Wildman–Crippen MR) is 111 cm³/mol. The molecule has 0 aliphatic rings. The highest BCUT2D eigenvalue weighted by Gasteiger charge is 2.23. The molecule has 0 saturated heterocycles. The molecule has 0 bridgehead atoms. The van der Waals surface area contributed by atoms with Crippen molar-refractivity contribution in [1.29, 1.82) is 0 Å². The summed E-state index contributed by atoms with van der Waals surface area (Å²) in [6, 6.07) is 14.2. The van der Waals surface area contributed by atoms with Gasteiger partial charge in [-0.15, -0.1) is 0 Å². The summed E-state index contributed by atoms with van der Waals surface area (Å²) in [5.74, 6) is 0.268. The monoisotopic (exact) mass is 370 g/mol. The highest BCUT2D eigenvalue weighted by atomic mass is 16.6. The molecule has 0 radical (unpaired) electrons. The molecule has 0 heterocycles. The first-order valence-electron chi connectivity index (χ1n) is 9.23. The number of anilines is 2. The van der Waals surface area contributed by atoms with Crippen molar-refractivity contribution in [3.8, 4) is 0 Å². The number of nitrogen functional groups attached to an aromatic ring is 2. The van der Waals surface area contributed by atoms with Crippen LogP contribution in [-0.2, 0) is 4.74 Å². The van der Waals surface area contributed by atoms with E-state index in [0.717, 1.165) is 31.2 Å². The van der Waals surface area contributed by atoms with Gasteiger partial charge in [0.25, 0.3) is 0 Å². The molecule has 5 nitrogen and oxygen atoms in total. The van der Waals surface area contributed by atoms with E-state index < -0.39 is 11.9 Å². The van der Waals surface area contributed by atoms with Crippen LogP contribution in [0.4, 0.5) is 11.4 Å². The van der Waals surface area contributed by atoms with Crippen molar-refractivity contribution in [3.05, 3.63) is 65.7 Å². The van der Waals surface area contributed by atoms with Crippen LogP contribution in [0.25, 0.3) is 5.76 Å². The van der Waals surface area contributed by atoms with Gasteiger partial charge in [-0.3, -0.25) is 0 Å². The van der Waals surface area contributed by atoms with Gasteiger partial charge in [0.15, 0.2) is 6.29 Å². The number of aliphatic hydroxyl groups is 2. The van der Waals surface area contributed by atoms with Crippen LogP contribution in [0.15, 0.2) is 54.6 Å². The number of hydrogen-bond acceptors (Lipinski definition) is 5. The second-order valence-electron chi connectivity index (χ2n) is 7.35. The molecule has 0 aromatic heterocycles. The van der Waals surface area contributed by atoms with E-state index in [0.29, 0.717) is 16.9 Å². The molecule has 0 spiro atoms. The second kappa shape index (κ2) is 9.44. The number of rotatable bonds is 9. The number of benzene rings is 2. The fourth-order valence-corrected chi connectivity index (χ4v) is 2.80. The van der Waals surface area contributed by atoms with Gasteiger partial charge in [0, 0.05) is 22.5 Å². The Hall–Kier alpha value is -2.50. The van der Waals surface area contributed by atoms with Gasteiger partial charge in [0.2, 0.25) is 0 Å². The smallest absolute Gasteiger partial charge is 0.181 e. The summed E-state index contributed by atoms with van der Waals surface area (Å²) >= 11 is 0. The average Bonchev–Trinajstić information content (AvgIpc) is 2.62. The molecule has 5 heteroatoms. The Morgan fingerprint density at radius 1 is 1.00 bits per heavy atom. The molecular formula is C22H30N2O3. The van der Waals surface area contributed by atoms with Gasteiger partial charge in [-0.25, -0.2) is 0 Å². The number of ether oxygens (including phenoxy) is 1. The maximum atomic E-state index is 10.3. The first-order chi connectivity index (χ1) is 12.8. The quantitative estimate of drug-likeness (QED) is 0.220. The lowest BCUT2D eigenvalue weighted by atomic mass is 9.99. The minimum Gasteiger partial charge on any atom is -0.508 e. The van der Waals surface area contributed by atoms with Crippen LogP contribution >= 0.6 is 0 Å². The maximum Gasteiger partial charge on any atom is 0.181 e. The largest absolute Gasteiger partial charge is 0.508 e. The van der Waals surface area contributed by atoms with Crippen molar-refractivity contribution in [1.82, 2.24) is 0 Å². The molecule has 146 valence electrons. The summed E-state index contributed by atoms with van der Waals surface area (Å²) in [6.45, 7) is 3.93. The molecule has 6 N–H and O–H groups in total. The number of unbranched alkanes of at least 4 members (excludes halogenated alkanes) is 2. The van der Waals surface area contributed by atoms with Gasteiger partial charge in [-0.1, -0.05) is 18.6 Å². The fraction of sp³-hybridized carbons (Fsp3) is 0.364. The summed E-state index contributed by atoms with van der Waals surface area (Å²) in [7, 11) is 0. The van der Waals surface area contributed by atoms with Crippen LogP contribution in [0.1, 0.15) is 56.9 Å². The SMILES string of the molecule is CC(C)(CCCC/C=C(\O)c1ccc(N)cc1)OC(O)c1ccc(N)cc1. The molecule has 27 heavy (non-hydrogen) atoms. The van der Waals surface area contributed by atoms with Crippen molar-refractivity contribution in [2.75, 3.05) is 11.5 Å². The summed E-state index contributed by atoms with van der Waals surface area (Å²) < 4.78 is 5.81. The van der Waals surface area contributed by atoms with Crippen molar-refractivity contribution < 1.29 is 14.9 Å². The topological polar surface area (TPSA) is 102 Å².